The third-order valence-electron chi connectivity index (χ3n) is 11.9. The van der Waals surface area contributed by atoms with Gasteiger partial charge in [-0.25, -0.2) is 9.78 Å². The summed E-state index contributed by atoms with van der Waals surface area (Å²) in [6.07, 6.45) is 3.67. The summed E-state index contributed by atoms with van der Waals surface area (Å²) in [4.78, 5) is 122. The van der Waals surface area contributed by atoms with Crippen molar-refractivity contribution in [3.63, 3.8) is 0 Å². The fraction of sp³-hybridized carbons (Fsp3) is 0.500. The molecule has 0 saturated carbocycles. The van der Waals surface area contributed by atoms with Gasteiger partial charge in [0.1, 0.15) is 48.0 Å². The summed E-state index contributed by atoms with van der Waals surface area (Å²) in [6.45, 7) is 6.92. The van der Waals surface area contributed by atoms with Crippen LogP contribution in [0.2, 0.25) is 0 Å². The molecule has 4 rings (SSSR count). The van der Waals surface area contributed by atoms with Gasteiger partial charge in [-0.1, -0.05) is 52.0 Å². The number of aromatic hydroxyl groups is 1. The maximum atomic E-state index is 14.5. The Kier molecular flexibility index (Phi) is 21.8. The van der Waals surface area contributed by atoms with Gasteiger partial charge in [-0.2, -0.15) is 0 Å². The van der Waals surface area contributed by atoms with Crippen LogP contribution in [0.15, 0.2) is 66.0 Å². The Morgan fingerprint density at radius 1 is 0.750 bits per heavy atom. The van der Waals surface area contributed by atoms with Crippen molar-refractivity contribution in [2.45, 2.75) is 115 Å². The van der Waals surface area contributed by atoms with Crippen LogP contribution in [-0.2, 0) is 57.6 Å². The molecule has 24 nitrogen and oxygen atoms in total. The van der Waals surface area contributed by atoms with Gasteiger partial charge < -0.3 is 74.5 Å². The normalized spacial score (nSPS) is 15.8. The number of nitrogens with one attached hydrogen (secondary N) is 8. The minimum absolute atomic E-state index is 0.0421. The van der Waals surface area contributed by atoms with Crippen LogP contribution in [0.3, 0.4) is 0 Å². The molecule has 1 aliphatic rings. The molecule has 1 fully saturated rings. The van der Waals surface area contributed by atoms with E-state index in [1.165, 1.54) is 29.6 Å². The van der Waals surface area contributed by atoms with Crippen molar-refractivity contribution in [1.82, 2.24) is 52.1 Å². The lowest BCUT2D eigenvalue weighted by molar-refractivity contribution is -0.145. The van der Waals surface area contributed by atoms with Crippen molar-refractivity contribution < 1.29 is 48.6 Å². The van der Waals surface area contributed by atoms with Crippen LogP contribution in [0.25, 0.3) is 0 Å². The number of benzene rings is 2. The number of carboxylic acids is 1. The van der Waals surface area contributed by atoms with E-state index in [1.54, 1.807) is 71.1 Å². The van der Waals surface area contributed by atoms with Crippen LogP contribution in [0, 0.1) is 11.8 Å². The highest BCUT2D eigenvalue weighted by atomic mass is 16.4. The molecule has 7 atom stereocenters. The summed E-state index contributed by atoms with van der Waals surface area (Å²) in [5.41, 5.74) is 18.8. The van der Waals surface area contributed by atoms with E-state index in [1.807, 2.05) is 0 Å². The van der Waals surface area contributed by atoms with Gasteiger partial charge in [-0.05, 0) is 80.0 Å². The third-order valence-corrected chi connectivity index (χ3v) is 11.9. The number of aliphatic carboxylic acids is 1. The number of guanidine groups is 1. The number of nitrogens with two attached hydrogens (primary N) is 3. The summed E-state index contributed by atoms with van der Waals surface area (Å²) >= 11 is 0. The molecule has 2 heterocycles. The highest BCUT2D eigenvalue weighted by Crippen LogP contribution is 2.21. The molecule has 0 aliphatic carbocycles. The van der Waals surface area contributed by atoms with Gasteiger partial charge in [-0.15, -0.1) is 0 Å². The second kappa shape index (κ2) is 27.6. The molecule has 16 N–H and O–H groups in total. The van der Waals surface area contributed by atoms with Gasteiger partial charge >= 0.3 is 5.97 Å². The topological polar surface area (TPSA) is 384 Å². The van der Waals surface area contributed by atoms with Gasteiger partial charge in [0.25, 0.3) is 0 Å². The number of aromatic nitrogens is 2. The van der Waals surface area contributed by atoms with Gasteiger partial charge in [-0.3, -0.25) is 38.6 Å². The fourth-order valence-electron chi connectivity index (χ4n) is 8.03. The zero-order valence-corrected chi connectivity index (χ0v) is 41.3. The molecule has 1 aromatic heterocycles. The number of likely N-dealkylation sites (tertiary alicyclic amines) is 1. The number of amides is 7. The first-order chi connectivity index (χ1) is 34.2. The van der Waals surface area contributed by atoms with Crippen LogP contribution in [0.4, 0.5) is 5.69 Å². The van der Waals surface area contributed by atoms with Crippen molar-refractivity contribution in [3.8, 4) is 5.75 Å². The van der Waals surface area contributed by atoms with E-state index in [0.717, 1.165) is 0 Å². The molecule has 392 valence electrons. The first-order valence-electron chi connectivity index (χ1n) is 23.8. The monoisotopic (exact) mass is 1000 g/mol. The van der Waals surface area contributed by atoms with E-state index < -0.39 is 101 Å². The number of nitrogen functional groups attached to an aromatic ring is 1. The van der Waals surface area contributed by atoms with Crippen LogP contribution in [0.1, 0.15) is 70.2 Å². The van der Waals surface area contributed by atoms with Crippen molar-refractivity contribution in [3.05, 3.63) is 77.9 Å². The Morgan fingerprint density at radius 2 is 1.32 bits per heavy atom. The highest BCUT2D eigenvalue weighted by Gasteiger charge is 2.41. The number of likely N-dealkylation sites (N-methyl/N-ethyl adjacent to an activating group) is 1. The number of H-pyrrole nitrogens is 1. The molecular formula is C48H70N14O10. The van der Waals surface area contributed by atoms with E-state index in [4.69, 9.17) is 17.2 Å². The molecule has 2 aromatic carbocycles. The average Bonchev–Trinajstić information content (AvgIpc) is 4.04. The lowest BCUT2D eigenvalue weighted by Crippen LogP contribution is -2.61. The summed E-state index contributed by atoms with van der Waals surface area (Å²) < 4.78 is 0. The summed E-state index contributed by atoms with van der Waals surface area (Å²) in [5.74, 6) is -7.36. The second-order valence-corrected chi connectivity index (χ2v) is 18.4. The minimum atomic E-state index is -1.36. The number of hydrogen-bond acceptors (Lipinski definition) is 13. The first-order valence-corrected chi connectivity index (χ1v) is 23.8. The molecule has 0 unspecified atom stereocenters. The predicted molar refractivity (Wildman–Crippen MR) is 266 cm³/mol. The zero-order valence-electron chi connectivity index (χ0n) is 41.3. The number of carboxylic acid groups (broad SMARTS) is 1. The van der Waals surface area contributed by atoms with Crippen molar-refractivity contribution in [1.29, 1.82) is 0 Å². The van der Waals surface area contributed by atoms with Crippen LogP contribution < -0.4 is 54.4 Å². The lowest BCUT2D eigenvalue weighted by atomic mass is 9.98. The molecule has 0 radical (unpaired) electrons. The average molecular weight is 1000 g/mol. The molecule has 1 aliphatic heterocycles. The number of hydrogen-bond donors (Lipinski definition) is 13. The minimum Gasteiger partial charge on any atom is -0.508 e. The number of nitrogens with zero attached hydrogens (tertiary/aromatic N) is 3. The van der Waals surface area contributed by atoms with E-state index in [9.17, 15) is 48.6 Å². The molecular weight excluding hydrogens is 933 g/mol. The Labute approximate surface area is 417 Å². The number of phenolic OH excluding ortho intramolecular Hbond substituents is 1. The van der Waals surface area contributed by atoms with Gasteiger partial charge in [0.05, 0.1) is 12.9 Å². The number of anilines is 1. The van der Waals surface area contributed by atoms with Crippen molar-refractivity contribution in [2.24, 2.45) is 28.3 Å². The molecule has 0 spiro atoms. The van der Waals surface area contributed by atoms with Crippen molar-refractivity contribution >= 4 is 59.0 Å². The van der Waals surface area contributed by atoms with E-state index in [0.29, 0.717) is 35.3 Å². The maximum Gasteiger partial charge on any atom is 0.326 e. The van der Waals surface area contributed by atoms with Gasteiger partial charge in [0.2, 0.25) is 41.4 Å². The second-order valence-electron chi connectivity index (χ2n) is 18.4. The lowest BCUT2D eigenvalue weighted by Gasteiger charge is -2.31. The number of imidazole rings is 1. The Hall–Kier alpha value is -7.76. The predicted octanol–water partition coefficient (Wildman–Crippen LogP) is -1.71. The summed E-state index contributed by atoms with van der Waals surface area (Å²) in [7, 11) is 1.56. The largest absolute Gasteiger partial charge is 0.508 e. The number of rotatable bonds is 27. The Bertz CT molecular complexity index is 2340. The molecule has 7 amide bonds. The molecule has 1 saturated heterocycles. The van der Waals surface area contributed by atoms with Crippen molar-refractivity contribution in [2.75, 3.05) is 32.4 Å². The Morgan fingerprint density at radius 3 is 1.86 bits per heavy atom. The van der Waals surface area contributed by atoms with Crippen LogP contribution in [0.5, 0.6) is 5.75 Å². The molecule has 0 bridgehead atoms. The third kappa shape index (κ3) is 17.6. The number of carbonyl (C=O) groups is 8. The standard InChI is InChI=1S/C48H70N14O10/c1-26(2)39(60-41(65)33(56-38(64)24-52-5)8-6-18-54-48(50)51)44(68)57-34(20-29-12-16-32(63)17-13-29)42(66)61-40(27(3)4)45(69)58-35(22-31-23-53-25-55-31)46(70)62-19-7-9-37(62)43(67)59-36(47(71)72)21-28-10-14-30(49)15-11-28/h10-17,23,25-27,33-37,39-40,52,63H,6-9,18-22,24,49H2,1-5H3,(H,53,55)(H,56,64)(H,57,68)(H,58,69)(H,59,67)(H,60,65)(H,61,66)(H,71,72)(H4,50,51,54)/t33-,34-,35-,36-,37-,39-,40-/m0/s1. The number of aliphatic imine (C=N–C) groups is 1. The SMILES string of the molecule is CNCC(=O)N[C@@H](CCCN=C(N)N)C(=O)N[C@H](C(=O)N[C@@H](Cc1ccc(O)cc1)C(=O)N[C@H](C(=O)N[C@@H](Cc1cnc[nH]1)C(=O)N1CCC[C@H]1C(=O)N[C@@H](Cc1ccc(N)cc1)C(=O)O)C(C)C)C(C)C. The molecule has 3 aromatic rings. The zero-order chi connectivity index (χ0) is 53.1. The molecule has 72 heavy (non-hydrogen) atoms. The first kappa shape index (κ1) is 56.8. The molecule has 24 heteroatoms. The highest BCUT2D eigenvalue weighted by molar-refractivity contribution is 5.98. The van der Waals surface area contributed by atoms with Crippen LogP contribution >= 0.6 is 0 Å². The fourth-order valence-corrected chi connectivity index (χ4v) is 8.03. The number of carbonyl (C=O) groups excluding carboxylic acids is 7. The summed E-state index contributed by atoms with van der Waals surface area (Å²) in [6, 6.07) is 3.83. The van der Waals surface area contributed by atoms with Gasteiger partial charge in [0, 0.05) is 49.9 Å². The van der Waals surface area contributed by atoms with Gasteiger partial charge in [0.15, 0.2) is 5.96 Å². The number of phenols is 1. The summed E-state index contributed by atoms with van der Waals surface area (Å²) in [5, 5.41) is 38.9. The maximum absolute atomic E-state index is 14.5. The van der Waals surface area contributed by atoms with Crippen LogP contribution in [-0.4, -0.2) is 147 Å². The van der Waals surface area contributed by atoms with E-state index in [2.05, 4.69) is 52.2 Å². The van der Waals surface area contributed by atoms with E-state index >= 15 is 0 Å². The quantitative estimate of drug-likeness (QED) is 0.0175. The number of aromatic amines is 1. The van der Waals surface area contributed by atoms with E-state index in [-0.39, 0.29) is 63.4 Å². The smallest absolute Gasteiger partial charge is 0.326 e. The Balaban J connectivity index is 1.56.